The molecule has 5 heteroatoms. The zero-order valence-corrected chi connectivity index (χ0v) is 10.7. The van der Waals surface area contributed by atoms with Gasteiger partial charge in [0.1, 0.15) is 5.75 Å². The van der Waals surface area contributed by atoms with E-state index in [0.717, 1.165) is 18.0 Å². The highest BCUT2D eigenvalue weighted by Crippen LogP contribution is 2.24. The van der Waals surface area contributed by atoms with Gasteiger partial charge in [0.2, 0.25) is 0 Å². The number of rotatable bonds is 5. The van der Waals surface area contributed by atoms with Crippen molar-refractivity contribution in [3.05, 3.63) is 29.8 Å². The summed E-state index contributed by atoms with van der Waals surface area (Å²) in [6.07, 6.45) is 0.574. The smallest absolute Gasteiger partial charge is 0.406 e. The third-order valence-electron chi connectivity index (χ3n) is 3.39. The molecule has 106 valence electrons. The Morgan fingerprint density at radius 1 is 1.11 bits per heavy atom. The first kappa shape index (κ1) is 14.2. The number of ether oxygens (including phenoxy) is 1. The minimum Gasteiger partial charge on any atom is -0.406 e. The van der Waals surface area contributed by atoms with Crippen molar-refractivity contribution in [1.29, 1.82) is 0 Å². The highest BCUT2D eigenvalue weighted by atomic mass is 19.4. The van der Waals surface area contributed by atoms with Crippen LogP contribution in [0.1, 0.15) is 31.2 Å². The molecule has 2 rings (SSSR count). The van der Waals surface area contributed by atoms with Gasteiger partial charge in [-0.1, -0.05) is 25.0 Å². The Morgan fingerprint density at radius 3 is 2.32 bits per heavy atom. The lowest BCUT2D eigenvalue weighted by Gasteiger charge is -2.11. The van der Waals surface area contributed by atoms with Crippen molar-refractivity contribution in [3.63, 3.8) is 0 Å². The highest BCUT2D eigenvalue weighted by Gasteiger charge is 2.30. The van der Waals surface area contributed by atoms with Crippen LogP contribution in [-0.2, 0) is 6.54 Å². The number of hydrogen-bond acceptors (Lipinski definition) is 2. The lowest BCUT2D eigenvalue weighted by Crippen LogP contribution is -2.20. The van der Waals surface area contributed by atoms with Crippen molar-refractivity contribution >= 4 is 0 Å². The first-order valence-corrected chi connectivity index (χ1v) is 6.58. The second kappa shape index (κ2) is 6.28. The van der Waals surface area contributed by atoms with Gasteiger partial charge >= 0.3 is 6.36 Å². The van der Waals surface area contributed by atoms with Crippen LogP contribution >= 0.6 is 0 Å². The number of nitrogens with one attached hydrogen (secondary N) is 1. The van der Waals surface area contributed by atoms with Gasteiger partial charge in [0.05, 0.1) is 0 Å². The molecule has 0 aromatic heterocycles. The topological polar surface area (TPSA) is 21.3 Å². The van der Waals surface area contributed by atoms with E-state index in [1.165, 1.54) is 37.8 Å². The number of hydrogen-bond donors (Lipinski definition) is 1. The molecule has 1 aromatic rings. The molecule has 1 aliphatic carbocycles. The summed E-state index contributed by atoms with van der Waals surface area (Å²) in [5.74, 6) is 0.583. The van der Waals surface area contributed by atoms with E-state index in [9.17, 15) is 13.2 Å². The summed E-state index contributed by atoms with van der Waals surface area (Å²) in [6, 6.07) is 6.01. The molecule has 2 nitrogen and oxygen atoms in total. The lowest BCUT2D eigenvalue weighted by molar-refractivity contribution is -0.274. The molecule has 1 N–H and O–H groups in total. The molecule has 0 aliphatic heterocycles. The molecule has 0 unspecified atom stereocenters. The van der Waals surface area contributed by atoms with Crippen molar-refractivity contribution in [2.75, 3.05) is 6.54 Å². The average molecular weight is 273 g/mol. The Morgan fingerprint density at radius 2 is 1.74 bits per heavy atom. The van der Waals surface area contributed by atoms with E-state index in [0.29, 0.717) is 6.54 Å². The zero-order chi connectivity index (χ0) is 13.7. The predicted octanol–water partition coefficient (Wildman–Crippen LogP) is 3.87. The molecule has 0 saturated heterocycles. The van der Waals surface area contributed by atoms with E-state index in [1.54, 1.807) is 12.1 Å². The Balaban J connectivity index is 1.75. The molecule has 0 bridgehead atoms. The summed E-state index contributed by atoms with van der Waals surface area (Å²) in [5.41, 5.74) is 0.965. The SMILES string of the molecule is FC(F)(F)Oc1ccc(CNCC2CCCC2)cc1. The van der Waals surface area contributed by atoms with Crippen LogP contribution in [0.5, 0.6) is 5.75 Å². The summed E-state index contributed by atoms with van der Waals surface area (Å²) in [7, 11) is 0. The van der Waals surface area contributed by atoms with Gasteiger partial charge < -0.3 is 10.1 Å². The standard InChI is InChI=1S/C14H18F3NO/c15-14(16,17)19-13-7-5-12(6-8-13)10-18-9-11-3-1-2-4-11/h5-8,11,18H,1-4,9-10H2. The summed E-state index contributed by atoms with van der Waals surface area (Å²) in [5, 5.41) is 3.35. The summed E-state index contributed by atoms with van der Waals surface area (Å²) in [6.45, 7) is 1.67. The molecule has 0 atom stereocenters. The zero-order valence-electron chi connectivity index (χ0n) is 10.7. The van der Waals surface area contributed by atoms with Crippen LogP contribution in [0.25, 0.3) is 0 Å². The number of halogens is 3. The largest absolute Gasteiger partial charge is 0.573 e. The second-order valence-electron chi connectivity index (χ2n) is 4.97. The molecule has 1 fully saturated rings. The summed E-state index contributed by atoms with van der Waals surface area (Å²) >= 11 is 0. The molecule has 1 saturated carbocycles. The monoisotopic (exact) mass is 273 g/mol. The minimum atomic E-state index is -4.62. The Labute approximate surface area is 111 Å². The summed E-state index contributed by atoms with van der Waals surface area (Å²) in [4.78, 5) is 0. The number of alkyl halides is 3. The Kier molecular flexibility index (Phi) is 4.69. The lowest BCUT2D eigenvalue weighted by atomic mass is 10.1. The summed E-state index contributed by atoms with van der Waals surface area (Å²) < 4.78 is 39.8. The van der Waals surface area contributed by atoms with E-state index in [1.807, 2.05) is 0 Å². The van der Waals surface area contributed by atoms with Gasteiger partial charge in [-0.15, -0.1) is 13.2 Å². The molecular weight excluding hydrogens is 255 g/mol. The first-order chi connectivity index (χ1) is 9.03. The quantitative estimate of drug-likeness (QED) is 0.879. The fraction of sp³-hybridized carbons (Fsp3) is 0.571. The van der Waals surface area contributed by atoms with Crippen LogP contribution in [-0.4, -0.2) is 12.9 Å². The van der Waals surface area contributed by atoms with Crippen molar-refractivity contribution in [1.82, 2.24) is 5.32 Å². The molecule has 1 aliphatic rings. The second-order valence-corrected chi connectivity index (χ2v) is 4.97. The molecule has 0 amide bonds. The van der Waals surface area contributed by atoms with Crippen molar-refractivity contribution in [3.8, 4) is 5.75 Å². The predicted molar refractivity (Wildman–Crippen MR) is 66.8 cm³/mol. The normalized spacial score (nSPS) is 16.8. The fourth-order valence-electron chi connectivity index (χ4n) is 2.44. The average Bonchev–Trinajstić information content (AvgIpc) is 2.82. The first-order valence-electron chi connectivity index (χ1n) is 6.58. The highest BCUT2D eigenvalue weighted by molar-refractivity contribution is 5.27. The Hall–Kier alpha value is -1.23. The van der Waals surface area contributed by atoms with Gasteiger partial charge in [0.25, 0.3) is 0 Å². The maximum absolute atomic E-state index is 12.0. The number of benzene rings is 1. The van der Waals surface area contributed by atoms with Gasteiger partial charge in [0.15, 0.2) is 0 Å². The molecule has 0 radical (unpaired) electrons. The molecule has 19 heavy (non-hydrogen) atoms. The maximum atomic E-state index is 12.0. The third-order valence-corrected chi connectivity index (χ3v) is 3.39. The van der Waals surface area contributed by atoms with E-state index in [4.69, 9.17) is 0 Å². The van der Waals surface area contributed by atoms with Crippen LogP contribution in [0.2, 0.25) is 0 Å². The van der Waals surface area contributed by atoms with E-state index < -0.39 is 6.36 Å². The third kappa shape index (κ3) is 5.11. The van der Waals surface area contributed by atoms with E-state index in [2.05, 4.69) is 10.1 Å². The molecular formula is C14H18F3NO. The van der Waals surface area contributed by atoms with Gasteiger partial charge in [-0.3, -0.25) is 0 Å². The van der Waals surface area contributed by atoms with Crippen LogP contribution in [0.3, 0.4) is 0 Å². The maximum Gasteiger partial charge on any atom is 0.573 e. The van der Waals surface area contributed by atoms with Crippen LogP contribution in [0.4, 0.5) is 13.2 Å². The van der Waals surface area contributed by atoms with Crippen LogP contribution in [0.15, 0.2) is 24.3 Å². The minimum absolute atomic E-state index is 0.174. The van der Waals surface area contributed by atoms with Crippen molar-refractivity contribution < 1.29 is 17.9 Å². The van der Waals surface area contributed by atoms with Crippen LogP contribution in [0, 0.1) is 5.92 Å². The fourth-order valence-corrected chi connectivity index (χ4v) is 2.44. The van der Waals surface area contributed by atoms with Gasteiger partial charge in [-0.05, 0) is 43.0 Å². The van der Waals surface area contributed by atoms with Crippen LogP contribution < -0.4 is 10.1 Å². The van der Waals surface area contributed by atoms with Crippen molar-refractivity contribution in [2.45, 2.75) is 38.6 Å². The van der Waals surface area contributed by atoms with Gasteiger partial charge in [-0.25, -0.2) is 0 Å². The van der Waals surface area contributed by atoms with Gasteiger partial charge in [-0.2, -0.15) is 0 Å². The molecule has 1 aromatic carbocycles. The van der Waals surface area contributed by atoms with E-state index >= 15 is 0 Å². The van der Waals surface area contributed by atoms with E-state index in [-0.39, 0.29) is 5.75 Å². The molecule has 0 heterocycles. The molecule has 0 spiro atoms. The van der Waals surface area contributed by atoms with Gasteiger partial charge in [0, 0.05) is 6.54 Å². The Bertz CT molecular complexity index is 383. The van der Waals surface area contributed by atoms with Crippen molar-refractivity contribution in [2.24, 2.45) is 5.92 Å².